The van der Waals surface area contributed by atoms with Crippen molar-refractivity contribution in [3.05, 3.63) is 42.2 Å². The van der Waals surface area contributed by atoms with Gasteiger partial charge in [-0.15, -0.1) is 0 Å². The molecule has 3 heteroatoms. The monoisotopic (exact) mass is 214 g/mol. The van der Waals surface area contributed by atoms with Gasteiger partial charge in [0.1, 0.15) is 5.75 Å². The van der Waals surface area contributed by atoms with Crippen LogP contribution in [0.1, 0.15) is 5.56 Å². The number of benzene rings is 1. The zero-order chi connectivity index (χ0) is 11.5. The highest BCUT2D eigenvalue weighted by Gasteiger charge is 2.06. The number of nitrogen functional groups attached to an aromatic ring is 1. The van der Waals surface area contributed by atoms with E-state index in [1.807, 2.05) is 31.2 Å². The van der Waals surface area contributed by atoms with Gasteiger partial charge < -0.3 is 10.5 Å². The first-order valence-corrected chi connectivity index (χ1v) is 5.07. The number of hydrogen-bond donors (Lipinski definition) is 1. The molecule has 0 saturated carbocycles. The highest BCUT2D eigenvalue weighted by atomic mass is 16.5. The minimum atomic E-state index is 0.798. The van der Waals surface area contributed by atoms with Crippen LogP contribution in [-0.2, 0) is 0 Å². The Morgan fingerprint density at radius 2 is 2.06 bits per heavy atom. The number of pyridine rings is 1. The third kappa shape index (κ3) is 1.84. The molecular weight excluding hydrogens is 200 g/mol. The molecule has 0 saturated heterocycles. The number of aromatic nitrogens is 1. The maximum atomic E-state index is 5.79. The fraction of sp³-hybridized carbons (Fsp3) is 0.154. The Labute approximate surface area is 94.9 Å². The van der Waals surface area contributed by atoms with E-state index in [0.29, 0.717) is 0 Å². The molecule has 82 valence electrons. The van der Waals surface area contributed by atoms with Crippen molar-refractivity contribution in [1.82, 2.24) is 4.98 Å². The summed E-state index contributed by atoms with van der Waals surface area (Å²) in [5.74, 6) is 0.819. The average Bonchev–Trinajstić information content (AvgIpc) is 2.32. The molecule has 0 atom stereocenters. The van der Waals surface area contributed by atoms with Gasteiger partial charge in [0.25, 0.3) is 0 Å². The first-order valence-electron chi connectivity index (χ1n) is 5.07. The molecule has 2 rings (SSSR count). The third-order valence-electron chi connectivity index (χ3n) is 2.58. The van der Waals surface area contributed by atoms with Gasteiger partial charge in [0.15, 0.2) is 0 Å². The summed E-state index contributed by atoms with van der Waals surface area (Å²) in [5, 5.41) is 0. The number of hydrogen-bond acceptors (Lipinski definition) is 3. The average molecular weight is 214 g/mol. The van der Waals surface area contributed by atoms with E-state index in [9.17, 15) is 0 Å². The van der Waals surface area contributed by atoms with E-state index in [1.54, 1.807) is 19.5 Å². The van der Waals surface area contributed by atoms with Crippen LogP contribution in [0.2, 0.25) is 0 Å². The van der Waals surface area contributed by atoms with E-state index in [2.05, 4.69) is 4.98 Å². The maximum absolute atomic E-state index is 5.79. The van der Waals surface area contributed by atoms with Gasteiger partial charge in [-0.1, -0.05) is 6.07 Å². The van der Waals surface area contributed by atoms with Crippen molar-refractivity contribution in [1.29, 1.82) is 0 Å². The second-order valence-electron chi connectivity index (χ2n) is 3.65. The van der Waals surface area contributed by atoms with Gasteiger partial charge in [0.05, 0.1) is 7.11 Å². The molecule has 1 aromatic heterocycles. The van der Waals surface area contributed by atoms with Gasteiger partial charge in [0.2, 0.25) is 0 Å². The zero-order valence-electron chi connectivity index (χ0n) is 9.40. The molecular formula is C13H14N2O. The molecule has 2 N–H and O–H groups in total. The Morgan fingerprint density at radius 3 is 2.75 bits per heavy atom. The summed E-state index contributed by atoms with van der Waals surface area (Å²) in [7, 11) is 1.66. The lowest BCUT2D eigenvalue weighted by atomic mass is 10.0. The van der Waals surface area contributed by atoms with Crippen LogP contribution in [0.15, 0.2) is 36.7 Å². The van der Waals surface area contributed by atoms with Crippen LogP contribution in [-0.4, -0.2) is 12.1 Å². The molecule has 0 spiro atoms. The lowest BCUT2D eigenvalue weighted by Gasteiger charge is -2.09. The minimum absolute atomic E-state index is 0.798. The summed E-state index contributed by atoms with van der Waals surface area (Å²) >= 11 is 0. The minimum Gasteiger partial charge on any atom is -0.496 e. The predicted molar refractivity (Wildman–Crippen MR) is 65.4 cm³/mol. The molecule has 0 amide bonds. The molecule has 0 aliphatic rings. The number of anilines is 1. The van der Waals surface area contributed by atoms with Gasteiger partial charge in [-0.05, 0) is 36.2 Å². The van der Waals surface area contributed by atoms with Crippen LogP contribution in [0, 0.1) is 6.92 Å². The number of ether oxygens (including phenoxy) is 1. The van der Waals surface area contributed by atoms with Crippen molar-refractivity contribution in [2.24, 2.45) is 0 Å². The van der Waals surface area contributed by atoms with E-state index in [-0.39, 0.29) is 0 Å². The lowest BCUT2D eigenvalue weighted by molar-refractivity contribution is 0.416. The summed E-state index contributed by atoms with van der Waals surface area (Å²) in [4.78, 5) is 4.11. The fourth-order valence-electron chi connectivity index (χ4n) is 1.62. The van der Waals surface area contributed by atoms with Crippen LogP contribution < -0.4 is 10.5 Å². The van der Waals surface area contributed by atoms with Crippen molar-refractivity contribution >= 4 is 5.69 Å². The number of rotatable bonds is 2. The summed E-state index contributed by atoms with van der Waals surface area (Å²) in [6.45, 7) is 1.99. The van der Waals surface area contributed by atoms with Crippen LogP contribution >= 0.6 is 0 Å². The summed E-state index contributed by atoms with van der Waals surface area (Å²) in [5.41, 5.74) is 9.69. The van der Waals surface area contributed by atoms with Gasteiger partial charge in [-0.3, -0.25) is 4.98 Å². The fourth-order valence-corrected chi connectivity index (χ4v) is 1.62. The van der Waals surface area contributed by atoms with E-state index in [1.165, 1.54) is 0 Å². The molecule has 0 aliphatic carbocycles. The van der Waals surface area contributed by atoms with E-state index in [4.69, 9.17) is 10.5 Å². The molecule has 1 heterocycles. The molecule has 2 aromatic rings. The van der Waals surface area contributed by atoms with E-state index >= 15 is 0 Å². The van der Waals surface area contributed by atoms with Gasteiger partial charge in [0, 0.05) is 23.6 Å². The molecule has 0 fully saturated rings. The quantitative estimate of drug-likeness (QED) is 0.782. The van der Waals surface area contributed by atoms with Crippen molar-refractivity contribution in [2.45, 2.75) is 6.92 Å². The molecule has 3 nitrogen and oxygen atoms in total. The molecule has 0 radical (unpaired) electrons. The van der Waals surface area contributed by atoms with Gasteiger partial charge in [-0.2, -0.15) is 0 Å². The number of aryl methyl sites for hydroxylation is 1. The Morgan fingerprint density at radius 1 is 1.25 bits per heavy atom. The van der Waals surface area contributed by atoms with E-state index < -0.39 is 0 Å². The van der Waals surface area contributed by atoms with Crippen molar-refractivity contribution in [3.63, 3.8) is 0 Å². The smallest absolute Gasteiger partial charge is 0.129 e. The largest absolute Gasteiger partial charge is 0.496 e. The van der Waals surface area contributed by atoms with Crippen LogP contribution in [0.5, 0.6) is 5.75 Å². The van der Waals surface area contributed by atoms with Crippen molar-refractivity contribution in [2.75, 3.05) is 12.8 Å². The second kappa shape index (κ2) is 4.23. The van der Waals surface area contributed by atoms with Gasteiger partial charge in [-0.25, -0.2) is 0 Å². The molecule has 0 bridgehead atoms. The Kier molecular flexibility index (Phi) is 2.77. The first kappa shape index (κ1) is 10.5. The Hall–Kier alpha value is -2.03. The highest BCUT2D eigenvalue weighted by molar-refractivity contribution is 5.72. The van der Waals surface area contributed by atoms with Crippen molar-refractivity contribution in [3.8, 4) is 16.9 Å². The zero-order valence-corrected chi connectivity index (χ0v) is 9.40. The molecule has 1 aromatic carbocycles. The highest BCUT2D eigenvalue weighted by Crippen LogP contribution is 2.30. The molecule has 0 unspecified atom stereocenters. The summed E-state index contributed by atoms with van der Waals surface area (Å²) < 4.78 is 5.30. The maximum Gasteiger partial charge on any atom is 0.129 e. The second-order valence-corrected chi connectivity index (χ2v) is 3.65. The standard InChI is InChI=1S/C13H14N2O/c1-9-7-10(3-4-12(9)14)11-8-15-6-5-13(11)16-2/h3-8H,14H2,1-2H3. The predicted octanol–water partition coefficient (Wildman–Crippen LogP) is 2.65. The number of nitrogens with two attached hydrogens (primary N) is 1. The number of nitrogens with zero attached hydrogens (tertiary/aromatic N) is 1. The van der Waals surface area contributed by atoms with Crippen LogP contribution in [0.3, 0.4) is 0 Å². The molecule has 0 aliphatic heterocycles. The normalized spacial score (nSPS) is 10.1. The van der Waals surface area contributed by atoms with Crippen molar-refractivity contribution < 1.29 is 4.74 Å². The van der Waals surface area contributed by atoms with Crippen LogP contribution in [0.25, 0.3) is 11.1 Å². The Bertz CT molecular complexity index is 509. The number of methoxy groups -OCH3 is 1. The SMILES string of the molecule is COc1ccncc1-c1ccc(N)c(C)c1. The topological polar surface area (TPSA) is 48.1 Å². The molecule has 16 heavy (non-hydrogen) atoms. The third-order valence-corrected chi connectivity index (χ3v) is 2.58. The Balaban J connectivity index is 2.54. The lowest BCUT2D eigenvalue weighted by Crippen LogP contribution is -1.92. The van der Waals surface area contributed by atoms with Gasteiger partial charge >= 0.3 is 0 Å². The van der Waals surface area contributed by atoms with E-state index in [0.717, 1.165) is 28.1 Å². The summed E-state index contributed by atoms with van der Waals surface area (Å²) in [6.07, 6.45) is 3.51. The van der Waals surface area contributed by atoms with Crippen LogP contribution in [0.4, 0.5) is 5.69 Å². The summed E-state index contributed by atoms with van der Waals surface area (Å²) in [6, 6.07) is 7.76. The first-order chi connectivity index (χ1) is 7.72.